The molecule has 1 saturated heterocycles. The normalized spacial score (nSPS) is 15.5. The van der Waals surface area contributed by atoms with E-state index in [0.29, 0.717) is 25.4 Å². The Labute approximate surface area is 134 Å². The Bertz CT molecular complexity index is 642. The van der Waals surface area contributed by atoms with Gasteiger partial charge in [-0.15, -0.1) is 0 Å². The minimum absolute atomic E-state index is 0.146. The van der Waals surface area contributed by atoms with Crippen LogP contribution in [0.2, 0.25) is 0 Å². The quantitative estimate of drug-likeness (QED) is 0.850. The fourth-order valence-corrected chi connectivity index (χ4v) is 3.35. The first-order chi connectivity index (χ1) is 10.4. The van der Waals surface area contributed by atoms with Crippen LogP contribution >= 0.6 is 10.7 Å². The molecule has 0 spiro atoms. The first kappa shape index (κ1) is 16.9. The molecule has 0 unspecified atom stereocenters. The summed E-state index contributed by atoms with van der Waals surface area (Å²) in [6, 6.07) is 4.17. The van der Waals surface area contributed by atoms with Crippen molar-refractivity contribution in [3.05, 3.63) is 18.2 Å². The number of carbonyl (C=O) groups excluding carboxylic acids is 1. The summed E-state index contributed by atoms with van der Waals surface area (Å²) in [6.45, 7) is 3.49. The van der Waals surface area contributed by atoms with Crippen molar-refractivity contribution in [2.45, 2.75) is 31.1 Å². The van der Waals surface area contributed by atoms with Gasteiger partial charge in [0.05, 0.1) is 6.61 Å². The molecule has 0 aromatic heterocycles. The summed E-state index contributed by atoms with van der Waals surface area (Å²) in [5.74, 6) is 0.175. The molecule has 1 aliphatic heterocycles. The van der Waals surface area contributed by atoms with Gasteiger partial charge in [-0.05, 0) is 44.4 Å². The van der Waals surface area contributed by atoms with Crippen LogP contribution in [0.25, 0.3) is 0 Å². The zero-order valence-corrected chi connectivity index (χ0v) is 13.9. The lowest BCUT2D eigenvalue weighted by Crippen LogP contribution is -2.38. The van der Waals surface area contributed by atoms with Crippen LogP contribution in [-0.2, 0) is 9.05 Å². The molecule has 1 heterocycles. The Kier molecular flexibility index (Phi) is 5.52. The molecule has 8 heteroatoms. The summed E-state index contributed by atoms with van der Waals surface area (Å²) in [4.78, 5) is 13.7. The highest BCUT2D eigenvalue weighted by atomic mass is 35.7. The maximum atomic E-state index is 12.1. The summed E-state index contributed by atoms with van der Waals surface area (Å²) in [6.07, 6.45) is 3.09. The molecule has 1 fully saturated rings. The number of benzene rings is 1. The number of rotatable bonds is 4. The van der Waals surface area contributed by atoms with Crippen LogP contribution in [0.3, 0.4) is 0 Å². The zero-order chi connectivity index (χ0) is 16.2. The SMILES string of the molecule is CCOc1ccc(NC(=O)N2CCCCC2)cc1S(=O)(=O)Cl. The van der Waals surface area contributed by atoms with Gasteiger partial charge >= 0.3 is 6.03 Å². The third-order valence-corrected chi connectivity index (χ3v) is 4.74. The fourth-order valence-electron chi connectivity index (χ4n) is 2.35. The van der Waals surface area contributed by atoms with Gasteiger partial charge in [-0.2, -0.15) is 0 Å². The number of amides is 2. The van der Waals surface area contributed by atoms with E-state index in [1.165, 1.54) is 12.1 Å². The fraction of sp³-hybridized carbons (Fsp3) is 0.500. The smallest absolute Gasteiger partial charge is 0.321 e. The second-order valence-electron chi connectivity index (χ2n) is 5.01. The van der Waals surface area contributed by atoms with E-state index < -0.39 is 9.05 Å². The number of hydrogen-bond acceptors (Lipinski definition) is 4. The van der Waals surface area contributed by atoms with Crippen LogP contribution in [-0.4, -0.2) is 39.0 Å². The maximum absolute atomic E-state index is 12.1. The number of nitrogens with zero attached hydrogens (tertiary/aromatic N) is 1. The molecule has 0 atom stereocenters. The third-order valence-electron chi connectivity index (χ3n) is 3.40. The Morgan fingerprint density at radius 3 is 2.59 bits per heavy atom. The van der Waals surface area contributed by atoms with Gasteiger partial charge in [-0.25, -0.2) is 13.2 Å². The van der Waals surface area contributed by atoms with Crippen LogP contribution in [0.4, 0.5) is 10.5 Å². The van der Waals surface area contributed by atoms with Crippen molar-refractivity contribution in [1.29, 1.82) is 0 Å². The molecular weight excluding hydrogens is 328 g/mol. The average Bonchev–Trinajstić information content (AvgIpc) is 2.49. The van der Waals surface area contributed by atoms with Crippen LogP contribution in [0.15, 0.2) is 23.1 Å². The Balaban J connectivity index is 2.19. The van der Waals surface area contributed by atoms with Crippen molar-refractivity contribution in [1.82, 2.24) is 4.90 Å². The van der Waals surface area contributed by atoms with Crippen molar-refractivity contribution >= 4 is 31.5 Å². The van der Waals surface area contributed by atoms with Crippen molar-refractivity contribution in [3.8, 4) is 5.75 Å². The molecule has 1 aliphatic rings. The molecule has 122 valence electrons. The van der Waals surface area contributed by atoms with Crippen molar-refractivity contribution < 1.29 is 17.9 Å². The number of hydrogen-bond donors (Lipinski definition) is 1. The monoisotopic (exact) mass is 346 g/mol. The van der Waals surface area contributed by atoms with E-state index in [-0.39, 0.29) is 16.7 Å². The Morgan fingerprint density at radius 2 is 2.00 bits per heavy atom. The standard InChI is InChI=1S/C14H19ClN2O4S/c1-2-21-12-7-6-11(10-13(12)22(15,19)20)16-14(18)17-8-4-3-5-9-17/h6-7,10H,2-5,8-9H2,1H3,(H,16,18). The van der Waals surface area contributed by atoms with E-state index in [4.69, 9.17) is 15.4 Å². The average molecular weight is 347 g/mol. The highest BCUT2D eigenvalue weighted by molar-refractivity contribution is 8.13. The lowest BCUT2D eigenvalue weighted by atomic mass is 10.1. The van der Waals surface area contributed by atoms with Crippen LogP contribution in [0.1, 0.15) is 26.2 Å². The predicted octanol–water partition coefficient (Wildman–Crippen LogP) is 3.03. The number of piperidine rings is 1. The molecule has 1 aromatic carbocycles. The second kappa shape index (κ2) is 7.19. The van der Waals surface area contributed by atoms with Crippen LogP contribution < -0.4 is 10.1 Å². The van der Waals surface area contributed by atoms with Crippen molar-refractivity contribution in [2.24, 2.45) is 0 Å². The van der Waals surface area contributed by atoms with Crippen LogP contribution in [0.5, 0.6) is 5.75 Å². The highest BCUT2D eigenvalue weighted by Crippen LogP contribution is 2.30. The van der Waals surface area contributed by atoms with E-state index in [0.717, 1.165) is 19.3 Å². The first-order valence-electron chi connectivity index (χ1n) is 7.19. The zero-order valence-electron chi connectivity index (χ0n) is 12.3. The second-order valence-corrected chi connectivity index (χ2v) is 7.54. The summed E-state index contributed by atoms with van der Waals surface area (Å²) in [5.41, 5.74) is 0.373. The lowest BCUT2D eigenvalue weighted by Gasteiger charge is -2.26. The number of anilines is 1. The maximum Gasteiger partial charge on any atom is 0.321 e. The van der Waals surface area contributed by atoms with E-state index in [1.54, 1.807) is 17.9 Å². The summed E-state index contributed by atoms with van der Waals surface area (Å²) >= 11 is 0. The third kappa shape index (κ3) is 4.27. The number of likely N-dealkylation sites (tertiary alicyclic amines) is 1. The summed E-state index contributed by atoms with van der Waals surface area (Å²) < 4.78 is 28.5. The van der Waals surface area contributed by atoms with Gasteiger partial charge < -0.3 is 15.0 Å². The Hall–Kier alpha value is -1.47. The van der Waals surface area contributed by atoms with E-state index >= 15 is 0 Å². The van der Waals surface area contributed by atoms with Crippen molar-refractivity contribution in [3.63, 3.8) is 0 Å². The summed E-state index contributed by atoms with van der Waals surface area (Å²) in [5, 5.41) is 2.70. The molecule has 1 aromatic rings. The van der Waals surface area contributed by atoms with Gasteiger partial charge in [0.25, 0.3) is 9.05 Å². The van der Waals surface area contributed by atoms with Gasteiger partial charge in [0.2, 0.25) is 0 Å². The topological polar surface area (TPSA) is 75.7 Å². The molecule has 6 nitrogen and oxygen atoms in total. The molecule has 2 amide bonds. The summed E-state index contributed by atoms with van der Waals surface area (Å²) in [7, 11) is 1.47. The first-order valence-corrected chi connectivity index (χ1v) is 9.50. The largest absolute Gasteiger partial charge is 0.492 e. The molecule has 2 rings (SSSR count). The van der Waals surface area contributed by atoms with Gasteiger partial charge in [0.1, 0.15) is 10.6 Å². The molecule has 1 N–H and O–H groups in total. The van der Waals surface area contributed by atoms with Crippen LogP contribution in [0, 0.1) is 0 Å². The molecule has 0 bridgehead atoms. The minimum atomic E-state index is -3.96. The van der Waals surface area contributed by atoms with Gasteiger partial charge in [-0.1, -0.05) is 0 Å². The molecule has 0 saturated carbocycles. The predicted molar refractivity (Wildman–Crippen MR) is 85.1 cm³/mol. The number of halogens is 1. The van der Waals surface area contributed by atoms with Gasteiger partial charge in [0, 0.05) is 29.5 Å². The van der Waals surface area contributed by atoms with E-state index in [9.17, 15) is 13.2 Å². The highest BCUT2D eigenvalue weighted by Gasteiger charge is 2.20. The van der Waals surface area contributed by atoms with Crippen molar-refractivity contribution in [2.75, 3.05) is 25.0 Å². The van der Waals surface area contributed by atoms with Gasteiger partial charge in [-0.3, -0.25) is 0 Å². The molecule has 22 heavy (non-hydrogen) atoms. The number of urea groups is 1. The lowest BCUT2D eigenvalue weighted by molar-refractivity contribution is 0.200. The Morgan fingerprint density at radius 1 is 1.32 bits per heavy atom. The van der Waals surface area contributed by atoms with E-state index in [1.807, 2.05) is 0 Å². The molecular formula is C14H19ClN2O4S. The molecule has 0 radical (unpaired) electrons. The van der Waals surface area contributed by atoms with E-state index in [2.05, 4.69) is 5.32 Å². The number of carbonyl (C=O) groups is 1. The number of nitrogens with one attached hydrogen (secondary N) is 1. The van der Waals surface area contributed by atoms with Gasteiger partial charge in [0.15, 0.2) is 0 Å². The minimum Gasteiger partial charge on any atom is -0.492 e. The number of ether oxygens (including phenoxy) is 1. The molecule has 0 aliphatic carbocycles.